The molecule has 0 amide bonds. The number of rotatable bonds is 24. The quantitative estimate of drug-likeness (QED) is 0.0818. The van der Waals surface area contributed by atoms with E-state index < -0.39 is 0 Å². The van der Waals surface area contributed by atoms with Gasteiger partial charge in [0.25, 0.3) is 0 Å². The van der Waals surface area contributed by atoms with Gasteiger partial charge in [-0.05, 0) is 32.1 Å². The molecule has 0 aromatic heterocycles. The van der Waals surface area contributed by atoms with Crippen molar-refractivity contribution < 1.29 is 14.3 Å². The molecule has 0 aliphatic carbocycles. The largest absolute Gasteiger partial charge is 0.466 e. The van der Waals surface area contributed by atoms with Gasteiger partial charge in [0.1, 0.15) is 5.78 Å². The van der Waals surface area contributed by atoms with E-state index in [4.69, 9.17) is 4.74 Å². The summed E-state index contributed by atoms with van der Waals surface area (Å²) in [5.74, 6) is -0.0512. The van der Waals surface area contributed by atoms with Crippen molar-refractivity contribution in [2.24, 2.45) is 0 Å². The number of allylic oxidation sites excluding steroid dienone is 6. The van der Waals surface area contributed by atoms with Crippen molar-refractivity contribution in [3.8, 4) is 0 Å². The van der Waals surface area contributed by atoms with Crippen LogP contribution in [0.15, 0.2) is 36.5 Å². The number of hydrogen-bond acceptors (Lipinski definition) is 3. The molecule has 0 spiro atoms. The average molecular weight is 461 g/mol. The minimum atomic E-state index is -0.224. The molecule has 0 heterocycles. The topological polar surface area (TPSA) is 43.4 Å². The summed E-state index contributed by atoms with van der Waals surface area (Å²) in [7, 11) is 0. The molecule has 0 N–H and O–H groups in total. The van der Waals surface area contributed by atoms with Gasteiger partial charge in [0.2, 0.25) is 0 Å². The molecule has 0 fully saturated rings. The molecule has 0 saturated heterocycles. The highest BCUT2D eigenvalue weighted by atomic mass is 16.5. The van der Waals surface area contributed by atoms with Gasteiger partial charge < -0.3 is 4.74 Å². The first-order valence-corrected chi connectivity index (χ1v) is 13.9. The van der Waals surface area contributed by atoms with Gasteiger partial charge in [-0.15, -0.1) is 0 Å². The second kappa shape index (κ2) is 26.6. The fraction of sp³-hybridized carbons (Fsp3) is 0.733. The molecule has 0 atom stereocenters. The third kappa shape index (κ3) is 26.5. The Kier molecular flexibility index (Phi) is 25.3. The number of carbonyl (C=O) groups is 2. The van der Waals surface area contributed by atoms with Crippen molar-refractivity contribution in [3.63, 3.8) is 0 Å². The maximum atomic E-state index is 11.9. The van der Waals surface area contributed by atoms with Crippen molar-refractivity contribution in [2.45, 2.75) is 136 Å². The van der Waals surface area contributed by atoms with E-state index in [9.17, 15) is 9.59 Å². The minimum absolute atomic E-state index is 0.173. The molecule has 0 aliphatic heterocycles. The van der Waals surface area contributed by atoms with E-state index in [-0.39, 0.29) is 18.2 Å². The zero-order chi connectivity index (χ0) is 24.2. The Hall–Kier alpha value is -1.64. The van der Waals surface area contributed by atoms with Crippen molar-refractivity contribution in [3.05, 3.63) is 36.5 Å². The van der Waals surface area contributed by atoms with Crippen molar-refractivity contribution in [1.82, 2.24) is 0 Å². The highest BCUT2D eigenvalue weighted by Gasteiger charge is 2.07. The van der Waals surface area contributed by atoms with Crippen LogP contribution in [0.2, 0.25) is 0 Å². The van der Waals surface area contributed by atoms with E-state index in [1.807, 2.05) is 0 Å². The first-order chi connectivity index (χ1) is 16.2. The zero-order valence-electron chi connectivity index (χ0n) is 21.8. The van der Waals surface area contributed by atoms with E-state index in [0.717, 1.165) is 38.5 Å². The lowest BCUT2D eigenvalue weighted by molar-refractivity contribution is -0.145. The van der Waals surface area contributed by atoms with E-state index in [2.05, 4.69) is 50.3 Å². The van der Waals surface area contributed by atoms with Crippen LogP contribution in [0.5, 0.6) is 0 Å². The van der Waals surface area contributed by atoms with Crippen LogP contribution in [-0.4, -0.2) is 18.4 Å². The summed E-state index contributed by atoms with van der Waals surface area (Å²) in [5, 5.41) is 0. The van der Waals surface area contributed by atoms with E-state index in [1.54, 1.807) is 0 Å². The monoisotopic (exact) mass is 460 g/mol. The fourth-order valence-electron chi connectivity index (χ4n) is 3.60. The molecular weight excluding hydrogens is 408 g/mol. The van der Waals surface area contributed by atoms with Crippen LogP contribution in [0.4, 0.5) is 0 Å². The summed E-state index contributed by atoms with van der Waals surface area (Å²) >= 11 is 0. The molecular formula is C30H52O3. The summed E-state index contributed by atoms with van der Waals surface area (Å²) < 4.78 is 5.27. The molecule has 190 valence electrons. The molecule has 0 radical (unpaired) electrons. The highest BCUT2D eigenvalue weighted by Crippen LogP contribution is 2.11. The van der Waals surface area contributed by atoms with Crippen molar-refractivity contribution in [1.29, 1.82) is 0 Å². The Bertz CT molecular complexity index is 531. The predicted molar refractivity (Wildman–Crippen MR) is 142 cm³/mol. The molecule has 0 unspecified atom stereocenters. The third-order valence-electron chi connectivity index (χ3n) is 5.78. The van der Waals surface area contributed by atoms with Crippen LogP contribution in [0, 0.1) is 0 Å². The lowest BCUT2D eigenvalue weighted by atomic mass is 10.1. The number of ketones is 1. The molecule has 0 rings (SSSR count). The number of esters is 1. The zero-order valence-corrected chi connectivity index (χ0v) is 21.8. The van der Waals surface area contributed by atoms with E-state index in [1.165, 1.54) is 64.2 Å². The molecule has 3 heteroatoms. The molecule has 3 nitrogen and oxygen atoms in total. The van der Waals surface area contributed by atoms with Crippen LogP contribution < -0.4 is 0 Å². The SMILES string of the molecule is CCCCC=CC=CC=CCCCCC(=O)CCC(=O)OCCCCCCCCCCCC. The van der Waals surface area contributed by atoms with Gasteiger partial charge in [-0.1, -0.05) is 121 Å². The average Bonchev–Trinajstić information content (AvgIpc) is 2.82. The van der Waals surface area contributed by atoms with E-state index >= 15 is 0 Å². The lowest BCUT2D eigenvalue weighted by Crippen LogP contribution is -2.09. The molecule has 0 aromatic carbocycles. The Morgan fingerprint density at radius 3 is 1.70 bits per heavy atom. The summed E-state index contributed by atoms with van der Waals surface area (Å²) in [5.41, 5.74) is 0. The molecule has 0 bridgehead atoms. The summed E-state index contributed by atoms with van der Waals surface area (Å²) in [4.78, 5) is 23.7. The van der Waals surface area contributed by atoms with Gasteiger partial charge in [-0.3, -0.25) is 9.59 Å². The Labute approximate surface area is 205 Å². The number of hydrogen-bond donors (Lipinski definition) is 0. The summed E-state index contributed by atoms with van der Waals surface area (Å²) in [6.07, 6.45) is 32.9. The number of ether oxygens (including phenoxy) is 1. The van der Waals surface area contributed by atoms with Gasteiger partial charge >= 0.3 is 5.97 Å². The van der Waals surface area contributed by atoms with Crippen LogP contribution in [0.3, 0.4) is 0 Å². The fourth-order valence-corrected chi connectivity index (χ4v) is 3.60. The Morgan fingerprint density at radius 2 is 1.09 bits per heavy atom. The predicted octanol–water partition coefficient (Wildman–Crippen LogP) is 9.22. The Morgan fingerprint density at radius 1 is 0.545 bits per heavy atom. The summed E-state index contributed by atoms with van der Waals surface area (Å²) in [6, 6.07) is 0. The van der Waals surface area contributed by atoms with Crippen LogP contribution >= 0.6 is 0 Å². The van der Waals surface area contributed by atoms with Crippen LogP contribution in [-0.2, 0) is 14.3 Å². The van der Waals surface area contributed by atoms with Crippen LogP contribution in [0.25, 0.3) is 0 Å². The Balaban J connectivity index is 3.45. The van der Waals surface area contributed by atoms with E-state index in [0.29, 0.717) is 19.4 Å². The lowest BCUT2D eigenvalue weighted by Gasteiger charge is -2.05. The first kappa shape index (κ1) is 31.4. The number of unbranched alkanes of at least 4 members (excludes halogenated alkanes) is 13. The molecule has 0 aliphatic rings. The molecule has 0 saturated carbocycles. The smallest absolute Gasteiger partial charge is 0.306 e. The molecule has 0 aromatic rings. The van der Waals surface area contributed by atoms with Gasteiger partial charge in [0.15, 0.2) is 0 Å². The second-order valence-electron chi connectivity index (χ2n) is 9.07. The maximum absolute atomic E-state index is 11.9. The first-order valence-electron chi connectivity index (χ1n) is 13.9. The maximum Gasteiger partial charge on any atom is 0.306 e. The van der Waals surface area contributed by atoms with Crippen molar-refractivity contribution in [2.75, 3.05) is 6.61 Å². The number of Topliss-reactive ketones (excluding diaryl/α,β-unsaturated/α-hetero) is 1. The summed E-state index contributed by atoms with van der Waals surface area (Å²) in [6.45, 7) is 4.95. The normalized spacial score (nSPS) is 11.8. The third-order valence-corrected chi connectivity index (χ3v) is 5.78. The standard InChI is InChI=1S/C30H52O3/c1-3-5-7-9-11-13-15-16-17-19-21-23-25-29(31)26-27-30(32)33-28-24-22-20-18-14-12-10-8-6-4-2/h9,11,13,15-17H,3-8,10,12,14,18-28H2,1-2H3. The number of carbonyl (C=O) groups excluding carboxylic acids is 2. The highest BCUT2D eigenvalue weighted by molar-refractivity contribution is 5.82. The van der Waals surface area contributed by atoms with Crippen molar-refractivity contribution >= 4 is 11.8 Å². The van der Waals surface area contributed by atoms with Gasteiger partial charge in [-0.25, -0.2) is 0 Å². The van der Waals surface area contributed by atoms with Gasteiger partial charge in [0.05, 0.1) is 13.0 Å². The van der Waals surface area contributed by atoms with Gasteiger partial charge in [0, 0.05) is 12.8 Å². The molecule has 33 heavy (non-hydrogen) atoms. The second-order valence-corrected chi connectivity index (χ2v) is 9.07. The van der Waals surface area contributed by atoms with Crippen LogP contribution in [0.1, 0.15) is 136 Å². The van der Waals surface area contributed by atoms with Gasteiger partial charge in [-0.2, -0.15) is 0 Å². The minimum Gasteiger partial charge on any atom is -0.466 e.